The molecule has 0 bridgehead atoms. The third-order valence-corrected chi connectivity index (χ3v) is 2.90. The molecule has 0 aromatic carbocycles. The average molecular weight is 207 g/mol. The SMILES string of the molecule is Cc1nc(C)c(C(=O)n2ccnc2)s1. The maximum atomic E-state index is 11.8. The first-order valence-corrected chi connectivity index (χ1v) is 4.97. The molecule has 0 N–H and O–H groups in total. The van der Waals surface area contributed by atoms with Crippen molar-refractivity contribution < 1.29 is 4.79 Å². The lowest BCUT2D eigenvalue weighted by molar-refractivity contribution is 0.0963. The lowest BCUT2D eigenvalue weighted by atomic mass is 10.4. The van der Waals surface area contributed by atoms with Gasteiger partial charge < -0.3 is 0 Å². The van der Waals surface area contributed by atoms with E-state index < -0.39 is 0 Å². The van der Waals surface area contributed by atoms with Crippen molar-refractivity contribution in [2.24, 2.45) is 0 Å². The monoisotopic (exact) mass is 207 g/mol. The molecule has 0 radical (unpaired) electrons. The van der Waals surface area contributed by atoms with Crippen LogP contribution >= 0.6 is 11.3 Å². The molecule has 0 aliphatic carbocycles. The Hall–Kier alpha value is -1.49. The van der Waals surface area contributed by atoms with Crippen LogP contribution in [-0.4, -0.2) is 20.4 Å². The number of hydrogen-bond donors (Lipinski definition) is 0. The van der Waals surface area contributed by atoms with E-state index in [4.69, 9.17) is 0 Å². The third-order valence-electron chi connectivity index (χ3n) is 1.84. The number of rotatable bonds is 1. The summed E-state index contributed by atoms with van der Waals surface area (Å²) in [6.45, 7) is 3.73. The smallest absolute Gasteiger partial charge is 0.271 e. The van der Waals surface area contributed by atoms with E-state index in [1.807, 2.05) is 13.8 Å². The van der Waals surface area contributed by atoms with Gasteiger partial charge in [-0.2, -0.15) is 0 Å². The number of carbonyl (C=O) groups excluding carboxylic acids is 1. The van der Waals surface area contributed by atoms with Crippen molar-refractivity contribution in [1.29, 1.82) is 0 Å². The fraction of sp³-hybridized carbons (Fsp3) is 0.222. The van der Waals surface area contributed by atoms with E-state index >= 15 is 0 Å². The Morgan fingerprint density at radius 3 is 2.79 bits per heavy atom. The summed E-state index contributed by atoms with van der Waals surface area (Å²) in [7, 11) is 0. The number of nitrogens with zero attached hydrogens (tertiary/aromatic N) is 3. The highest BCUT2D eigenvalue weighted by Crippen LogP contribution is 2.18. The van der Waals surface area contributed by atoms with Gasteiger partial charge in [-0.25, -0.2) is 9.97 Å². The van der Waals surface area contributed by atoms with E-state index in [1.54, 1.807) is 12.4 Å². The Labute approximate surface area is 85.2 Å². The standard InChI is InChI=1S/C9H9N3OS/c1-6-8(14-7(2)11-6)9(13)12-4-3-10-5-12/h3-5H,1-2H3. The molecular weight excluding hydrogens is 198 g/mol. The molecule has 0 fully saturated rings. The van der Waals surface area contributed by atoms with Gasteiger partial charge in [0, 0.05) is 12.4 Å². The number of aryl methyl sites for hydroxylation is 2. The molecule has 0 aliphatic rings. The lowest BCUT2D eigenvalue weighted by Crippen LogP contribution is -2.09. The molecule has 72 valence electrons. The van der Waals surface area contributed by atoms with Crippen LogP contribution in [-0.2, 0) is 0 Å². The molecule has 0 unspecified atom stereocenters. The number of aromatic nitrogens is 3. The second-order valence-corrected chi connectivity index (χ2v) is 4.13. The Bertz CT molecular complexity index is 458. The summed E-state index contributed by atoms with van der Waals surface area (Å²) >= 11 is 1.41. The largest absolute Gasteiger partial charge is 0.275 e. The van der Waals surface area contributed by atoms with E-state index in [0.717, 1.165) is 10.7 Å². The van der Waals surface area contributed by atoms with Gasteiger partial charge in [0.25, 0.3) is 5.91 Å². The lowest BCUT2D eigenvalue weighted by Gasteiger charge is -1.97. The molecule has 2 aromatic heterocycles. The normalized spacial score (nSPS) is 10.4. The Morgan fingerprint density at radius 1 is 1.50 bits per heavy atom. The zero-order valence-electron chi connectivity index (χ0n) is 7.89. The minimum absolute atomic E-state index is 0.0643. The Kier molecular flexibility index (Phi) is 2.17. The van der Waals surface area contributed by atoms with Gasteiger partial charge in [0.05, 0.1) is 10.7 Å². The summed E-state index contributed by atoms with van der Waals surface area (Å²) < 4.78 is 1.46. The van der Waals surface area contributed by atoms with Crippen LogP contribution in [0.4, 0.5) is 0 Å². The molecule has 2 rings (SSSR count). The predicted molar refractivity (Wildman–Crippen MR) is 53.5 cm³/mol. The van der Waals surface area contributed by atoms with Crippen LogP contribution in [0.15, 0.2) is 18.7 Å². The van der Waals surface area contributed by atoms with Crippen LogP contribution in [0.5, 0.6) is 0 Å². The van der Waals surface area contributed by atoms with Gasteiger partial charge in [0.1, 0.15) is 11.2 Å². The van der Waals surface area contributed by atoms with Crippen LogP contribution < -0.4 is 0 Å². The highest BCUT2D eigenvalue weighted by molar-refractivity contribution is 7.13. The van der Waals surface area contributed by atoms with Gasteiger partial charge in [-0.1, -0.05) is 0 Å². The molecule has 0 atom stereocenters. The minimum Gasteiger partial charge on any atom is -0.271 e. The number of carbonyl (C=O) groups is 1. The van der Waals surface area contributed by atoms with E-state index in [2.05, 4.69) is 9.97 Å². The van der Waals surface area contributed by atoms with E-state index in [9.17, 15) is 4.79 Å². The van der Waals surface area contributed by atoms with Crippen LogP contribution in [0.3, 0.4) is 0 Å². The van der Waals surface area contributed by atoms with E-state index in [-0.39, 0.29) is 5.91 Å². The molecule has 0 spiro atoms. The summed E-state index contributed by atoms with van der Waals surface area (Å²) in [6.07, 6.45) is 4.72. The van der Waals surface area contributed by atoms with Crippen LogP contribution in [0, 0.1) is 13.8 Å². The Balaban J connectivity index is 2.41. The molecular formula is C9H9N3OS. The molecule has 0 saturated heterocycles. The zero-order chi connectivity index (χ0) is 10.1. The predicted octanol–water partition coefficient (Wildman–Crippen LogP) is 1.64. The summed E-state index contributed by atoms with van der Waals surface area (Å²) in [4.78, 5) is 20.6. The highest BCUT2D eigenvalue weighted by atomic mass is 32.1. The summed E-state index contributed by atoms with van der Waals surface area (Å²) in [5.41, 5.74) is 0.784. The van der Waals surface area contributed by atoms with Gasteiger partial charge in [0.15, 0.2) is 0 Å². The first kappa shape index (κ1) is 9.08. The molecule has 2 heterocycles. The first-order chi connectivity index (χ1) is 6.68. The topological polar surface area (TPSA) is 47.8 Å². The summed E-state index contributed by atoms with van der Waals surface area (Å²) in [6, 6.07) is 0. The van der Waals surface area contributed by atoms with Gasteiger partial charge in [0.2, 0.25) is 0 Å². The van der Waals surface area contributed by atoms with Crippen molar-refractivity contribution in [1.82, 2.24) is 14.5 Å². The number of thiazole rings is 1. The van der Waals surface area contributed by atoms with Crippen molar-refractivity contribution in [2.75, 3.05) is 0 Å². The second-order valence-electron chi connectivity index (χ2n) is 2.92. The summed E-state index contributed by atoms with van der Waals surface area (Å²) in [5, 5.41) is 0.908. The molecule has 5 heteroatoms. The first-order valence-electron chi connectivity index (χ1n) is 4.15. The van der Waals surface area contributed by atoms with Crippen molar-refractivity contribution >= 4 is 17.2 Å². The molecule has 14 heavy (non-hydrogen) atoms. The van der Waals surface area contributed by atoms with Gasteiger partial charge >= 0.3 is 0 Å². The Morgan fingerprint density at radius 2 is 2.29 bits per heavy atom. The summed E-state index contributed by atoms with van der Waals surface area (Å²) in [5.74, 6) is -0.0643. The number of hydrogen-bond acceptors (Lipinski definition) is 4. The zero-order valence-corrected chi connectivity index (χ0v) is 8.71. The molecule has 0 amide bonds. The molecule has 2 aromatic rings. The van der Waals surface area contributed by atoms with Crippen molar-refractivity contribution in [2.45, 2.75) is 13.8 Å². The van der Waals surface area contributed by atoms with E-state index in [0.29, 0.717) is 4.88 Å². The van der Waals surface area contributed by atoms with Crippen LogP contribution in [0.2, 0.25) is 0 Å². The molecule has 0 aliphatic heterocycles. The van der Waals surface area contributed by atoms with Gasteiger partial charge in [-0.3, -0.25) is 9.36 Å². The minimum atomic E-state index is -0.0643. The fourth-order valence-corrected chi connectivity index (χ4v) is 2.09. The number of imidazole rings is 1. The maximum absolute atomic E-state index is 11.8. The maximum Gasteiger partial charge on any atom is 0.275 e. The third kappa shape index (κ3) is 1.46. The van der Waals surface area contributed by atoms with Crippen molar-refractivity contribution in [3.05, 3.63) is 34.3 Å². The molecule has 4 nitrogen and oxygen atoms in total. The van der Waals surface area contributed by atoms with Gasteiger partial charge in [-0.15, -0.1) is 11.3 Å². The van der Waals surface area contributed by atoms with Crippen LogP contribution in [0.1, 0.15) is 20.4 Å². The second kappa shape index (κ2) is 3.34. The van der Waals surface area contributed by atoms with Crippen molar-refractivity contribution in [3.63, 3.8) is 0 Å². The average Bonchev–Trinajstić information content (AvgIpc) is 2.73. The quantitative estimate of drug-likeness (QED) is 0.714. The van der Waals surface area contributed by atoms with Gasteiger partial charge in [-0.05, 0) is 13.8 Å². The van der Waals surface area contributed by atoms with Crippen molar-refractivity contribution in [3.8, 4) is 0 Å². The van der Waals surface area contributed by atoms with Crippen LogP contribution in [0.25, 0.3) is 0 Å². The molecule has 0 saturated carbocycles. The highest BCUT2D eigenvalue weighted by Gasteiger charge is 2.14. The van der Waals surface area contributed by atoms with E-state index in [1.165, 1.54) is 22.2 Å². The fourth-order valence-electron chi connectivity index (χ4n) is 1.23.